The largest absolute Gasteiger partial charge is 0.527 e. The number of phosphoric acid groups is 2. The highest BCUT2D eigenvalue weighted by Gasteiger charge is 2.41. The molecule has 70 heavy (non-hydrogen) atoms. The van der Waals surface area contributed by atoms with Crippen LogP contribution < -0.4 is 16.8 Å². The van der Waals surface area contributed by atoms with E-state index < -0.39 is 58.9 Å². The zero-order valence-electron chi connectivity index (χ0n) is 39.2. The summed E-state index contributed by atoms with van der Waals surface area (Å²) in [4.78, 5) is 55.7. The van der Waals surface area contributed by atoms with Crippen molar-refractivity contribution in [2.75, 3.05) is 37.8 Å². The first-order chi connectivity index (χ1) is 33.6. The van der Waals surface area contributed by atoms with E-state index in [1.807, 2.05) is 0 Å². The molecule has 1 amide bonds. The molecule has 0 spiro atoms. The van der Waals surface area contributed by atoms with Crippen LogP contribution in [0.25, 0.3) is 22.3 Å². The predicted molar refractivity (Wildman–Crippen MR) is 262 cm³/mol. The first-order valence-electron chi connectivity index (χ1n) is 23.7. The number of amides is 1. The van der Waals surface area contributed by atoms with Gasteiger partial charge in [-0.2, -0.15) is 0 Å². The van der Waals surface area contributed by atoms with E-state index in [4.69, 9.17) is 63.5 Å². The van der Waals surface area contributed by atoms with E-state index in [9.17, 15) is 33.9 Å². The van der Waals surface area contributed by atoms with Crippen molar-refractivity contribution in [3.8, 4) is 0 Å². The average molecular weight is 1060 g/mol. The molecule has 388 valence electrons. The fourth-order valence-electron chi connectivity index (χ4n) is 7.97. The molecule has 0 fully saturated rings. The second kappa shape index (κ2) is 26.3. The lowest BCUT2D eigenvalue weighted by Crippen LogP contribution is -2.23. The number of H-pyrrole nitrogens is 2. The molecule has 6 rings (SSSR count). The number of fused-ring (bicyclic) bond motifs is 2. The third-order valence-corrected chi connectivity index (χ3v) is 14.1. The van der Waals surface area contributed by atoms with Gasteiger partial charge in [-0.15, -0.1) is 0 Å². The third kappa shape index (κ3) is 15.8. The van der Waals surface area contributed by atoms with Gasteiger partial charge >= 0.3 is 15.6 Å². The summed E-state index contributed by atoms with van der Waals surface area (Å²) in [7, 11) is -9.83. The van der Waals surface area contributed by atoms with Crippen molar-refractivity contribution in [1.82, 2.24) is 44.4 Å². The Morgan fingerprint density at radius 3 is 1.93 bits per heavy atom. The SMILES string of the molecule is CCCCCCCCCCCCCCCC(=O)NCCCCCCOP(=O)(O)OCC1=C(OP(=O)(O)OCC2=C(O)C(O)[C@H](n3cnc4c(=S)nc(N)[nH]c43)O2)C[C@H](n2cnc3c(=S)nc(N)[nH]c32)O1. The van der Waals surface area contributed by atoms with Crippen LogP contribution in [0.3, 0.4) is 0 Å². The van der Waals surface area contributed by atoms with Gasteiger partial charge in [0.05, 0.1) is 13.0 Å². The molecule has 2 aliphatic heterocycles. The van der Waals surface area contributed by atoms with E-state index in [2.05, 4.69) is 42.1 Å². The number of nitrogens with zero attached hydrogens (tertiary/aromatic N) is 6. The van der Waals surface area contributed by atoms with Crippen molar-refractivity contribution in [3.63, 3.8) is 0 Å². The maximum Gasteiger partial charge on any atom is 0.527 e. The number of phosphoric ester groups is 2. The van der Waals surface area contributed by atoms with Crippen molar-refractivity contribution >= 4 is 80.2 Å². The minimum Gasteiger partial charge on any atom is -0.506 e. The average Bonchev–Trinajstić information content (AvgIpc) is 4.09. The van der Waals surface area contributed by atoms with Crippen molar-refractivity contribution in [1.29, 1.82) is 0 Å². The van der Waals surface area contributed by atoms with E-state index in [1.165, 1.54) is 86.0 Å². The second-order valence-corrected chi connectivity index (χ2v) is 20.7. The molecule has 0 aromatic carbocycles. The molecule has 0 bridgehead atoms. The molecular formula is C42H65N11O13P2S2. The van der Waals surface area contributed by atoms with Crippen molar-refractivity contribution in [2.24, 2.45) is 0 Å². The minimum absolute atomic E-state index is 0.0243. The molecule has 0 aliphatic carbocycles. The second-order valence-electron chi connectivity index (χ2n) is 17.1. The summed E-state index contributed by atoms with van der Waals surface area (Å²) < 4.78 is 62.1. The van der Waals surface area contributed by atoms with Gasteiger partial charge in [-0.3, -0.25) is 32.4 Å². The first-order valence-corrected chi connectivity index (χ1v) is 27.5. The zero-order chi connectivity index (χ0) is 50.3. The Kier molecular flexibility index (Phi) is 20.6. The topological polar surface area (TPSA) is 345 Å². The smallest absolute Gasteiger partial charge is 0.506 e. The molecule has 24 nitrogen and oxygen atoms in total. The Morgan fingerprint density at radius 2 is 1.30 bits per heavy atom. The van der Waals surface area contributed by atoms with Crippen LogP contribution in [0.5, 0.6) is 0 Å². The van der Waals surface area contributed by atoms with Crippen LogP contribution in [0.15, 0.2) is 35.7 Å². The summed E-state index contributed by atoms with van der Waals surface area (Å²) in [6, 6.07) is 0. The van der Waals surface area contributed by atoms with E-state index >= 15 is 0 Å². The van der Waals surface area contributed by atoms with Gasteiger partial charge < -0.3 is 55.9 Å². The van der Waals surface area contributed by atoms with Crippen LogP contribution in [0.1, 0.15) is 141 Å². The minimum atomic E-state index is -5.13. The number of unbranched alkanes of at least 4 members (excludes halogenated alkanes) is 15. The molecule has 28 heteroatoms. The highest BCUT2D eigenvalue weighted by Crippen LogP contribution is 2.52. The van der Waals surface area contributed by atoms with Gasteiger partial charge in [-0.25, -0.2) is 29.1 Å². The Hall–Kier alpha value is -4.49. The summed E-state index contributed by atoms with van der Waals surface area (Å²) in [5.74, 6) is -1.73. The number of hydrogen-bond donors (Lipinski definition) is 9. The van der Waals surface area contributed by atoms with E-state index in [1.54, 1.807) is 0 Å². The molecule has 4 aromatic heterocycles. The van der Waals surface area contributed by atoms with Gasteiger partial charge in [0.25, 0.3) is 0 Å². The maximum atomic E-state index is 13.4. The van der Waals surface area contributed by atoms with Crippen molar-refractivity contribution in [3.05, 3.63) is 45.0 Å². The standard InChI is InChI=1S/C42H65N11O13P2S2/c1-2-3-4-5-6-7-8-9-10-11-12-13-16-19-30(54)45-20-17-14-15-18-21-61-67(57,58)62-23-28-27(22-31(64-28)52-25-46-32-36(52)48-41(43)50-38(32)69)66-68(59,60)63-24-29-34(55)35(56)40(65-29)53-26-47-33-37(53)49-42(44)51-39(33)70/h25-26,31,35,40,55-56H,2-24H2,1H3,(H,45,54)(H,57,58)(H,59,60)(H3,43,48,50,69)(H3,44,49,51,70)/t31-,35?,40-/m1/s1. The summed E-state index contributed by atoms with van der Waals surface area (Å²) in [5.41, 5.74) is 12.7. The van der Waals surface area contributed by atoms with Crippen LogP contribution in [0, 0.1) is 9.28 Å². The van der Waals surface area contributed by atoms with Gasteiger partial charge in [0.1, 0.15) is 48.2 Å². The van der Waals surface area contributed by atoms with Crippen molar-refractivity contribution in [2.45, 2.75) is 147 Å². The number of carbonyl (C=O) groups excluding carboxylic acids is 1. The third-order valence-electron chi connectivity index (χ3n) is 11.7. The van der Waals surface area contributed by atoms with Crippen LogP contribution >= 0.6 is 40.1 Å². The number of hydrogen-bond acceptors (Lipinski definition) is 19. The fraction of sp³-hybridized carbons (Fsp3) is 0.643. The van der Waals surface area contributed by atoms with Crippen LogP contribution in [0.4, 0.5) is 11.9 Å². The van der Waals surface area contributed by atoms with Crippen molar-refractivity contribution < 1.29 is 61.5 Å². The number of rotatable bonds is 32. The fourth-order valence-corrected chi connectivity index (χ4v) is 9.97. The summed E-state index contributed by atoms with van der Waals surface area (Å²) in [5, 5.41) is 24.5. The van der Waals surface area contributed by atoms with E-state index in [0.29, 0.717) is 25.8 Å². The van der Waals surface area contributed by atoms with Gasteiger partial charge in [0, 0.05) is 13.0 Å². The number of aliphatic hydroxyl groups excluding tert-OH is 2. The number of nitrogens with one attached hydrogen (secondary N) is 3. The predicted octanol–water partition coefficient (Wildman–Crippen LogP) is 8.37. The number of aromatic nitrogens is 8. The first kappa shape index (κ1) is 54.8. The highest BCUT2D eigenvalue weighted by atomic mass is 32.1. The molecule has 11 N–H and O–H groups in total. The lowest BCUT2D eigenvalue weighted by atomic mass is 10.0. The molecule has 5 atom stereocenters. The van der Waals surface area contributed by atoms with E-state index in [0.717, 1.165) is 32.1 Å². The number of anilines is 2. The van der Waals surface area contributed by atoms with E-state index in [-0.39, 0.29) is 74.0 Å². The monoisotopic (exact) mass is 1060 g/mol. The zero-order valence-corrected chi connectivity index (χ0v) is 42.6. The maximum absolute atomic E-state index is 13.4. The Morgan fingerprint density at radius 1 is 0.771 bits per heavy atom. The molecule has 0 saturated heterocycles. The number of carbonyl (C=O) groups is 1. The number of nitrogen functional groups attached to an aromatic ring is 2. The quantitative estimate of drug-likeness (QED) is 0.0126. The van der Waals surface area contributed by atoms with Gasteiger partial charge in [-0.1, -0.05) is 121 Å². The molecule has 3 unspecified atom stereocenters. The van der Waals surface area contributed by atoms with Gasteiger partial charge in [0.15, 0.2) is 56.5 Å². The molecule has 4 aromatic rings. The Labute approximate surface area is 414 Å². The molecule has 6 heterocycles. The number of ether oxygens (including phenoxy) is 2. The van der Waals surface area contributed by atoms with Crippen LogP contribution in [-0.2, 0) is 41.5 Å². The number of aliphatic hydroxyl groups is 2. The normalized spacial score (nSPS) is 18.9. The van der Waals surface area contributed by atoms with Crippen LogP contribution in [-0.4, -0.2) is 97.4 Å². The number of imidazole rings is 2. The molecular weight excluding hydrogens is 993 g/mol. The molecule has 0 saturated carbocycles. The molecule has 2 aliphatic rings. The summed E-state index contributed by atoms with van der Waals surface area (Å²) in [6.07, 6.45) is 17.7. The lowest BCUT2D eigenvalue weighted by Gasteiger charge is -2.18. The lowest BCUT2D eigenvalue weighted by molar-refractivity contribution is -0.121. The van der Waals surface area contributed by atoms with Gasteiger partial charge in [-0.05, 0) is 19.3 Å². The summed E-state index contributed by atoms with van der Waals surface area (Å²) in [6.45, 7) is 1.05. The summed E-state index contributed by atoms with van der Waals surface area (Å²) >= 11 is 10.5. The van der Waals surface area contributed by atoms with Crippen LogP contribution in [0.2, 0.25) is 0 Å². The number of nitrogens with two attached hydrogens (primary N) is 2. The Bertz CT molecular complexity index is 2680. The Balaban J connectivity index is 0.935. The number of aromatic amines is 2. The highest BCUT2D eigenvalue weighted by molar-refractivity contribution is 7.71. The van der Waals surface area contributed by atoms with Gasteiger partial charge in [0.2, 0.25) is 12.1 Å². The molecule has 0 radical (unpaired) electrons.